The highest BCUT2D eigenvalue weighted by Gasteiger charge is 2.39. The molecule has 0 spiro atoms. The summed E-state index contributed by atoms with van der Waals surface area (Å²) in [6.07, 6.45) is -4.48. The summed E-state index contributed by atoms with van der Waals surface area (Å²) in [7, 11) is 0. The highest BCUT2D eigenvalue weighted by atomic mass is 19.4. The Hall–Kier alpha value is -3.29. The summed E-state index contributed by atoms with van der Waals surface area (Å²) in [4.78, 5) is 24.5. The quantitative estimate of drug-likeness (QED) is 0.778. The second-order valence-corrected chi connectivity index (χ2v) is 6.29. The molecule has 2 atom stereocenters. The van der Waals surface area contributed by atoms with Crippen LogP contribution < -0.4 is 10.6 Å². The molecule has 1 heterocycles. The Morgan fingerprint density at radius 1 is 1.07 bits per heavy atom. The van der Waals surface area contributed by atoms with Gasteiger partial charge in [0.25, 0.3) is 0 Å². The summed E-state index contributed by atoms with van der Waals surface area (Å²) in [6.45, 7) is 3.73. The second-order valence-electron chi connectivity index (χ2n) is 6.29. The molecule has 0 saturated carbocycles. The van der Waals surface area contributed by atoms with E-state index in [0.717, 1.165) is 17.7 Å². The van der Waals surface area contributed by atoms with Crippen molar-refractivity contribution in [2.75, 3.05) is 0 Å². The van der Waals surface area contributed by atoms with Crippen LogP contribution in [0, 0.1) is 5.92 Å². The van der Waals surface area contributed by atoms with Gasteiger partial charge in [-0.3, -0.25) is 4.79 Å². The van der Waals surface area contributed by atoms with Gasteiger partial charge < -0.3 is 15.4 Å². The van der Waals surface area contributed by atoms with E-state index >= 15 is 0 Å². The predicted molar refractivity (Wildman–Crippen MR) is 94.7 cm³/mol. The fraction of sp³-hybridized carbons (Fsp3) is 0.200. The van der Waals surface area contributed by atoms with E-state index in [-0.39, 0.29) is 12.3 Å². The molecule has 1 aliphatic heterocycles. The Morgan fingerprint density at radius 2 is 1.71 bits per heavy atom. The zero-order valence-electron chi connectivity index (χ0n) is 14.6. The van der Waals surface area contributed by atoms with Crippen molar-refractivity contribution in [1.82, 2.24) is 10.6 Å². The minimum Gasteiger partial charge on any atom is -0.460 e. The zero-order valence-corrected chi connectivity index (χ0v) is 14.6. The van der Waals surface area contributed by atoms with Crippen LogP contribution in [0.2, 0.25) is 0 Å². The summed E-state index contributed by atoms with van der Waals surface area (Å²) in [5.74, 6) is -1.63. The Bertz CT molecular complexity index is 880. The first-order valence-corrected chi connectivity index (χ1v) is 8.40. The van der Waals surface area contributed by atoms with Gasteiger partial charge in [-0.15, -0.1) is 0 Å². The van der Waals surface area contributed by atoms with Gasteiger partial charge in [-0.2, -0.15) is 13.2 Å². The number of carbonyl (C=O) groups is 2. The Balaban J connectivity index is 1.81. The number of esters is 1. The first kappa shape index (κ1) is 19.5. The first-order chi connectivity index (χ1) is 13.3. The van der Waals surface area contributed by atoms with Crippen molar-refractivity contribution in [3.05, 3.63) is 83.6 Å². The maximum absolute atomic E-state index is 12.8. The molecule has 0 aliphatic carbocycles. The lowest BCUT2D eigenvalue weighted by molar-refractivity contribution is -0.150. The van der Waals surface area contributed by atoms with E-state index in [2.05, 4.69) is 17.2 Å². The molecule has 3 rings (SSSR count). The van der Waals surface area contributed by atoms with Crippen molar-refractivity contribution in [1.29, 1.82) is 0 Å². The standard InChI is InChI=1S/C20H17F3N2O3/c1-12-16(18(26)28-11-13-5-3-2-4-6-13)17(25-19(27)24-12)14-7-9-15(10-8-14)20(21,22)23/h2-10,16-17H,1,11H2,(H2,24,25,27)/t16-,17+/m1/s1. The van der Waals surface area contributed by atoms with Gasteiger partial charge in [0.1, 0.15) is 12.5 Å². The fourth-order valence-corrected chi connectivity index (χ4v) is 2.94. The number of ether oxygens (including phenoxy) is 1. The minimum absolute atomic E-state index is 0.0249. The van der Waals surface area contributed by atoms with Gasteiger partial charge in [0.05, 0.1) is 11.6 Å². The average molecular weight is 390 g/mol. The van der Waals surface area contributed by atoms with Crippen LogP contribution in [-0.4, -0.2) is 12.0 Å². The van der Waals surface area contributed by atoms with Crippen LogP contribution in [0.4, 0.5) is 18.0 Å². The lowest BCUT2D eigenvalue weighted by atomic mass is 9.88. The number of hydrogen-bond acceptors (Lipinski definition) is 3. The van der Waals surface area contributed by atoms with Gasteiger partial charge in [-0.1, -0.05) is 49.0 Å². The molecule has 1 aliphatic rings. The number of carbonyl (C=O) groups excluding carboxylic acids is 2. The number of alkyl halides is 3. The smallest absolute Gasteiger partial charge is 0.416 e. The molecular weight excluding hydrogens is 373 g/mol. The van der Waals surface area contributed by atoms with Crippen molar-refractivity contribution >= 4 is 12.0 Å². The normalized spacial score (nSPS) is 19.5. The van der Waals surface area contributed by atoms with Crippen LogP contribution in [0.3, 0.4) is 0 Å². The molecule has 0 aromatic heterocycles. The maximum Gasteiger partial charge on any atom is 0.416 e. The van der Waals surface area contributed by atoms with Gasteiger partial charge in [0, 0.05) is 5.70 Å². The van der Waals surface area contributed by atoms with E-state index in [4.69, 9.17) is 4.74 Å². The molecule has 5 nitrogen and oxygen atoms in total. The van der Waals surface area contributed by atoms with Crippen molar-refractivity contribution in [2.24, 2.45) is 5.92 Å². The summed E-state index contributed by atoms with van der Waals surface area (Å²) in [5, 5.41) is 4.98. The molecule has 28 heavy (non-hydrogen) atoms. The fourth-order valence-electron chi connectivity index (χ4n) is 2.94. The van der Waals surface area contributed by atoms with Gasteiger partial charge in [-0.25, -0.2) is 4.79 Å². The van der Waals surface area contributed by atoms with Gasteiger partial charge in [-0.05, 0) is 23.3 Å². The number of rotatable bonds is 4. The topological polar surface area (TPSA) is 67.4 Å². The molecule has 2 aromatic carbocycles. The third-order valence-electron chi connectivity index (χ3n) is 4.34. The third-order valence-corrected chi connectivity index (χ3v) is 4.34. The Morgan fingerprint density at radius 3 is 2.32 bits per heavy atom. The predicted octanol–water partition coefficient (Wildman–Crippen LogP) is 3.93. The minimum atomic E-state index is -4.48. The number of nitrogens with one attached hydrogen (secondary N) is 2. The molecule has 0 unspecified atom stereocenters. The van der Waals surface area contributed by atoms with Crippen LogP contribution in [0.25, 0.3) is 0 Å². The molecule has 1 fully saturated rings. The number of halogens is 3. The van der Waals surface area contributed by atoms with Crippen LogP contribution in [0.5, 0.6) is 0 Å². The summed E-state index contributed by atoms with van der Waals surface area (Å²) in [5.41, 5.74) is 0.413. The number of benzene rings is 2. The van der Waals surface area contributed by atoms with E-state index in [1.54, 1.807) is 24.3 Å². The lowest BCUT2D eigenvalue weighted by Crippen LogP contribution is -2.51. The van der Waals surface area contributed by atoms with Crippen LogP contribution in [0.15, 0.2) is 66.9 Å². The molecule has 2 N–H and O–H groups in total. The number of urea groups is 1. The van der Waals surface area contributed by atoms with E-state index in [0.29, 0.717) is 5.56 Å². The molecule has 146 valence electrons. The monoisotopic (exact) mass is 390 g/mol. The number of amides is 2. The molecular formula is C20H17F3N2O3. The van der Waals surface area contributed by atoms with E-state index in [1.807, 2.05) is 6.07 Å². The van der Waals surface area contributed by atoms with Crippen molar-refractivity contribution in [2.45, 2.75) is 18.8 Å². The first-order valence-electron chi connectivity index (χ1n) is 8.40. The van der Waals surface area contributed by atoms with E-state index in [9.17, 15) is 22.8 Å². The molecule has 1 saturated heterocycles. The van der Waals surface area contributed by atoms with E-state index in [1.165, 1.54) is 12.1 Å². The molecule has 0 bridgehead atoms. The van der Waals surface area contributed by atoms with Crippen LogP contribution >= 0.6 is 0 Å². The third kappa shape index (κ3) is 4.33. The molecule has 0 radical (unpaired) electrons. The van der Waals surface area contributed by atoms with Crippen molar-refractivity contribution in [3.8, 4) is 0 Å². The zero-order chi connectivity index (χ0) is 20.3. The lowest BCUT2D eigenvalue weighted by Gasteiger charge is -2.33. The highest BCUT2D eigenvalue weighted by molar-refractivity contribution is 5.85. The van der Waals surface area contributed by atoms with Crippen molar-refractivity contribution < 1.29 is 27.5 Å². The summed E-state index contributed by atoms with van der Waals surface area (Å²) in [6, 6.07) is 11.8. The second kappa shape index (κ2) is 7.75. The van der Waals surface area contributed by atoms with Crippen LogP contribution in [-0.2, 0) is 22.3 Å². The molecule has 2 amide bonds. The summed E-state index contributed by atoms with van der Waals surface area (Å²) >= 11 is 0. The summed E-state index contributed by atoms with van der Waals surface area (Å²) < 4.78 is 43.7. The highest BCUT2D eigenvalue weighted by Crippen LogP contribution is 2.34. The Kier molecular flexibility index (Phi) is 5.39. The molecule has 2 aromatic rings. The largest absolute Gasteiger partial charge is 0.460 e. The average Bonchev–Trinajstić information content (AvgIpc) is 2.66. The SMILES string of the molecule is C=C1NC(=O)N[C@@H](c2ccc(C(F)(F)F)cc2)[C@@H]1C(=O)OCc1ccccc1. The van der Waals surface area contributed by atoms with Gasteiger partial charge in [0.15, 0.2) is 0 Å². The van der Waals surface area contributed by atoms with Crippen molar-refractivity contribution in [3.63, 3.8) is 0 Å². The van der Waals surface area contributed by atoms with Crippen LogP contribution in [0.1, 0.15) is 22.7 Å². The Labute approximate surface area is 159 Å². The van der Waals surface area contributed by atoms with Gasteiger partial charge in [0.2, 0.25) is 0 Å². The van der Waals surface area contributed by atoms with Gasteiger partial charge >= 0.3 is 18.2 Å². The maximum atomic E-state index is 12.8. The molecule has 8 heteroatoms. The van der Waals surface area contributed by atoms with E-state index < -0.39 is 35.7 Å². The number of hydrogen-bond donors (Lipinski definition) is 2.